The summed E-state index contributed by atoms with van der Waals surface area (Å²) in [6.45, 7) is 2.33. The molecule has 0 radical (unpaired) electrons. The second-order valence-electron chi connectivity index (χ2n) is 3.54. The molecule has 0 bridgehead atoms. The SMILES string of the molecule is CC1(C)OC(=O)C(C(=O)C(F)(F)F)C(=O)O1. The van der Waals surface area contributed by atoms with E-state index < -0.39 is 35.6 Å². The molecule has 0 N–H and O–H groups in total. The number of halogens is 3. The number of rotatable bonds is 1. The molecule has 0 saturated carbocycles. The van der Waals surface area contributed by atoms with Crippen molar-refractivity contribution in [3.8, 4) is 0 Å². The predicted octanol–water partition coefficient (Wildman–Crippen LogP) is 0.570. The van der Waals surface area contributed by atoms with Crippen LogP contribution in [0.25, 0.3) is 0 Å². The average molecular weight is 240 g/mol. The zero-order chi connectivity index (χ0) is 12.7. The fraction of sp³-hybridized carbons (Fsp3) is 0.625. The quantitative estimate of drug-likeness (QED) is 0.495. The Bertz CT molecular complexity index is 337. The molecular formula is C8H7F3O5. The number of cyclic esters (lactones) is 2. The highest BCUT2D eigenvalue weighted by Crippen LogP contribution is 2.29. The molecule has 5 nitrogen and oxygen atoms in total. The Morgan fingerprint density at radius 3 is 1.88 bits per heavy atom. The fourth-order valence-corrected chi connectivity index (χ4v) is 1.10. The topological polar surface area (TPSA) is 69.7 Å². The molecule has 1 saturated heterocycles. The third kappa shape index (κ3) is 2.31. The lowest BCUT2D eigenvalue weighted by atomic mass is 10.0. The molecule has 1 heterocycles. The highest BCUT2D eigenvalue weighted by atomic mass is 19.4. The van der Waals surface area contributed by atoms with E-state index in [1.54, 1.807) is 0 Å². The van der Waals surface area contributed by atoms with Gasteiger partial charge in [-0.05, 0) is 0 Å². The Kier molecular flexibility index (Phi) is 2.70. The zero-order valence-electron chi connectivity index (χ0n) is 8.25. The summed E-state index contributed by atoms with van der Waals surface area (Å²) in [5, 5.41) is 0. The molecule has 16 heavy (non-hydrogen) atoms. The number of Topliss-reactive ketones (excluding diaryl/α,β-unsaturated/α-hetero) is 1. The largest absolute Gasteiger partial charge is 0.451 e. The summed E-state index contributed by atoms with van der Waals surface area (Å²) in [6, 6.07) is 0. The molecule has 1 rings (SSSR count). The van der Waals surface area contributed by atoms with Gasteiger partial charge in [0, 0.05) is 13.8 Å². The average Bonchev–Trinajstić information content (AvgIpc) is 1.97. The van der Waals surface area contributed by atoms with Crippen molar-refractivity contribution in [2.45, 2.75) is 25.8 Å². The van der Waals surface area contributed by atoms with Crippen LogP contribution < -0.4 is 0 Å². The molecular weight excluding hydrogens is 233 g/mol. The number of ether oxygens (including phenoxy) is 2. The van der Waals surface area contributed by atoms with Gasteiger partial charge >= 0.3 is 18.1 Å². The summed E-state index contributed by atoms with van der Waals surface area (Å²) >= 11 is 0. The summed E-state index contributed by atoms with van der Waals surface area (Å²) in [6.07, 6.45) is -5.29. The summed E-state index contributed by atoms with van der Waals surface area (Å²) < 4.78 is 44.8. The first-order valence-electron chi connectivity index (χ1n) is 4.11. The molecule has 0 spiro atoms. The van der Waals surface area contributed by atoms with Crippen molar-refractivity contribution < 1.29 is 37.0 Å². The van der Waals surface area contributed by atoms with Crippen LogP contribution in [0.1, 0.15) is 13.8 Å². The lowest BCUT2D eigenvalue weighted by Gasteiger charge is -2.32. The minimum absolute atomic E-state index is 1.16. The molecule has 0 unspecified atom stereocenters. The molecule has 0 atom stereocenters. The Labute approximate surface area is 87.5 Å². The molecule has 1 fully saturated rings. The monoisotopic (exact) mass is 240 g/mol. The van der Waals surface area contributed by atoms with Gasteiger partial charge < -0.3 is 9.47 Å². The zero-order valence-corrected chi connectivity index (χ0v) is 8.25. The number of carbonyl (C=O) groups is 3. The molecule has 0 aromatic rings. The van der Waals surface area contributed by atoms with E-state index in [0.717, 1.165) is 13.8 Å². The Hall–Kier alpha value is -1.60. The molecule has 0 aliphatic carbocycles. The summed E-state index contributed by atoms with van der Waals surface area (Å²) in [5.41, 5.74) is 0. The predicted molar refractivity (Wildman–Crippen MR) is 40.8 cm³/mol. The third-order valence-corrected chi connectivity index (χ3v) is 1.71. The summed E-state index contributed by atoms with van der Waals surface area (Å²) in [4.78, 5) is 32.9. The van der Waals surface area contributed by atoms with Gasteiger partial charge in [-0.3, -0.25) is 14.4 Å². The Balaban J connectivity index is 2.96. The number of hydrogen-bond acceptors (Lipinski definition) is 5. The van der Waals surface area contributed by atoms with E-state index in [4.69, 9.17) is 0 Å². The maximum Gasteiger partial charge on any atom is 0.451 e. The van der Waals surface area contributed by atoms with E-state index >= 15 is 0 Å². The van der Waals surface area contributed by atoms with Gasteiger partial charge in [-0.2, -0.15) is 13.2 Å². The van der Waals surface area contributed by atoms with Gasteiger partial charge in [-0.25, -0.2) is 0 Å². The minimum atomic E-state index is -5.29. The van der Waals surface area contributed by atoms with Crippen LogP contribution in [0.2, 0.25) is 0 Å². The number of carbonyl (C=O) groups excluding carboxylic acids is 3. The number of hydrogen-bond donors (Lipinski definition) is 0. The molecule has 1 aliphatic rings. The first-order valence-corrected chi connectivity index (χ1v) is 4.11. The first kappa shape index (κ1) is 12.5. The van der Waals surface area contributed by atoms with Crippen molar-refractivity contribution in [1.82, 2.24) is 0 Å². The van der Waals surface area contributed by atoms with Crippen molar-refractivity contribution in [1.29, 1.82) is 0 Å². The van der Waals surface area contributed by atoms with E-state index in [1.165, 1.54) is 0 Å². The highest BCUT2D eigenvalue weighted by molar-refractivity contribution is 6.17. The van der Waals surface area contributed by atoms with Gasteiger partial charge in [0.1, 0.15) is 0 Å². The summed E-state index contributed by atoms with van der Waals surface area (Å²) in [5.74, 6) is -9.82. The van der Waals surface area contributed by atoms with Crippen LogP contribution in [-0.4, -0.2) is 29.7 Å². The van der Waals surface area contributed by atoms with E-state index in [1.807, 2.05) is 0 Å². The van der Waals surface area contributed by atoms with E-state index in [2.05, 4.69) is 9.47 Å². The van der Waals surface area contributed by atoms with Gasteiger partial charge in [0.05, 0.1) is 0 Å². The van der Waals surface area contributed by atoms with E-state index in [9.17, 15) is 27.6 Å². The van der Waals surface area contributed by atoms with Crippen LogP contribution in [0.15, 0.2) is 0 Å². The summed E-state index contributed by atoms with van der Waals surface area (Å²) in [7, 11) is 0. The van der Waals surface area contributed by atoms with Crippen LogP contribution in [0.3, 0.4) is 0 Å². The molecule has 1 aliphatic heterocycles. The van der Waals surface area contributed by atoms with Crippen molar-refractivity contribution >= 4 is 17.7 Å². The van der Waals surface area contributed by atoms with Crippen LogP contribution in [0, 0.1) is 5.92 Å². The van der Waals surface area contributed by atoms with Gasteiger partial charge in [0.2, 0.25) is 5.92 Å². The maximum atomic E-state index is 12.0. The fourth-order valence-electron chi connectivity index (χ4n) is 1.10. The molecule has 0 amide bonds. The Morgan fingerprint density at radius 1 is 1.19 bits per heavy atom. The molecule has 8 heteroatoms. The van der Waals surface area contributed by atoms with Crippen molar-refractivity contribution in [3.05, 3.63) is 0 Å². The first-order chi connectivity index (χ1) is 7.04. The van der Waals surface area contributed by atoms with Gasteiger partial charge in [0.25, 0.3) is 11.6 Å². The van der Waals surface area contributed by atoms with Crippen LogP contribution in [-0.2, 0) is 23.9 Å². The maximum absolute atomic E-state index is 12.0. The van der Waals surface area contributed by atoms with Crippen molar-refractivity contribution in [2.24, 2.45) is 5.92 Å². The van der Waals surface area contributed by atoms with Gasteiger partial charge in [-0.15, -0.1) is 0 Å². The van der Waals surface area contributed by atoms with E-state index in [-0.39, 0.29) is 0 Å². The smallest absolute Gasteiger partial charge is 0.422 e. The second-order valence-corrected chi connectivity index (χ2v) is 3.54. The number of alkyl halides is 3. The number of ketones is 1. The highest BCUT2D eigenvalue weighted by Gasteiger charge is 2.55. The van der Waals surface area contributed by atoms with Crippen LogP contribution >= 0.6 is 0 Å². The normalized spacial score (nSPS) is 21.3. The molecule has 0 aromatic carbocycles. The van der Waals surface area contributed by atoms with Crippen LogP contribution in [0.5, 0.6) is 0 Å². The van der Waals surface area contributed by atoms with Crippen molar-refractivity contribution in [2.75, 3.05) is 0 Å². The molecule has 90 valence electrons. The second kappa shape index (κ2) is 3.46. The third-order valence-electron chi connectivity index (χ3n) is 1.71. The molecule has 0 aromatic heterocycles. The van der Waals surface area contributed by atoms with E-state index in [0.29, 0.717) is 0 Å². The van der Waals surface area contributed by atoms with Gasteiger partial charge in [-0.1, -0.05) is 0 Å². The van der Waals surface area contributed by atoms with Gasteiger partial charge in [0.15, 0.2) is 0 Å². The standard InChI is InChI=1S/C8H7F3O5/c1-7(2)15-5(13)3(6(14)16-7)4(12)8(9,10)11/h3H,1-2H3. The van der Waals surface area contributed by atoms with Crippen molar-refractivity contribution in [3.63, 3.8) is 0 Å². The minimum Gasteiger partial charge on any atom is -0.422 e. The lowest BCUT2D eigenvalue weighted by Crippen LogP contribution is -2.51. The number of esters is 2. The van der Waals surface area contributed by atoms with Crippen LogP contribution in [0.4, 0.5) is 13.2 Å². The lowest BCUT2D eigenvalue weighted by molar-refractivity contribution is -0.242. The Morgan fingerprint density at radius 2 is 1.56 bits per heavy atom.